The van der Waals surface area contributed by atoms with E-state index < -0.39 is 0 Å². The Hall–Kier alpha value is -2.88. The highest BCUT2D eigenvalue weighted by Gasteiger charge is 2.26. The zero-order valence-corrected chi connectivity index (χ0v) is 15.0. The number of hydrogen-bond acceptors (Lipinski definition) is 2. The van der Waals surface area contributed by atoms with Gasteiger partial charge >= 0.3 is 0 Å². The minimum Gasteiger partial charge on any atom is -0.339 e. The number of nitrogens with one attached hydrogen (secondary N) is 1. The quantitative estimate of drug-likeness (QED) is 0.852. The number of anilines is 1. The zero-order chi connectivity index (χ0) is 18.4. The van der Waals surface area contributed by atoms with Crippen LogP contribution in [0.5, 0.6) is 0 Å². The number of hydrogen-bond donors (Lipinski definition) is 1. The van der Waals surface area contributed by atoms with Crippen molar-refractivity contribution < 1.29 is 9.59 Å². The van der Waals surface area contributed by atoms with Gasteiger partial charge in [0.25, 0.3) is 0 Å². The highest BCUT2D eigenvalue weighted by atomic mass is 16.2. The monoisotopic (exact) mass is 348 g/mol. The minimum atomic E-state index is -0.0431. The molecule has 2 aromatic rings. The third kappa shape index (κ3) is 4.82. The lowest BCUT2D eigenvalue weighted by atomic mass is 9.95. The first-order chi connectivity index (χ1) is 12.6. The molecule has 0 atom stereocenters. The van der Waals surface area contributed by atoms with E-state index in [9.17, 15) is 9.59 Å². The van der Waals surface area contributed by atoms with E-state index in [2.05, 4.69) is 5.32 Å². The molecule has 1 N–H and O–H groups in total. The SMILES string of the molecule is Cc1ccc(NC(=O)C2CCN(C(=O)/C=C/c3ccccc3)CC2)cc1. The summed E-state index contributed by atoms with van der Waals surface area (Å²) in [5.41, 5.74) is 3.00. The van der Waals surface area contributed by atoms with Gasteiger partial charge in [0.1, 0.15) is 0 Å². The Kier molecular flexibility index (Phi) is 5.84. The van der Waals surface area contributed by atoms with Gasteiger partial charge in [-0.3, -0.25) is 9.59 Å². The number of carbonyl (C=O) groups is 2. The molecule has 134 valence electrons. The molecule has 0 radical (unpaired) electrons. The van der Waals surface area contributed by atoms with Gasteiger partial charge in [0.2, 0.25) is 11.8 Å². The van der Waals surface area contributed by atoms with E-state index >= 15 is 0 Å². The van der Waals surface area contributed by atoms with Gasteiger partial charge in [-0.25, -0.2) is 0 Å². The predicted molar refractivity (Wildman–Crippen MR) is 105 cm³/mol. The van der Waals surface area contributed by atoms with Gasteiger partial charge in [-0.2, -0.15) is 0 Å². The van der Waals surface area contributed by atoms with Gasteiger partial charge in [-0.1, -0.05) is 48.0 Å². The molecule has 2 amide bonds. The largest absolute Gasteiger partial charge is 0.339 e. The van der Waals surface area contributed by atoms with Crippen LogP contribution < -0.4 is 5.32 Å². The fourth-order valence-corrected chi connectivity index (χ4v) is 3.08. The molecule has 1 saturated heterocycles. The van der Waals surface area contributed by atoms with E-state index in [0.717, 1.165) is 11.3 Å². The molecular formula is C22H24N2O2. The Bertz CT molecular complexity index is 774. The summed E-state index contributed by atoms with van der Waals surface area (Å²) in [7, 11) is 0. The Morgan fingerprint density at radius 2 is 1.65 bits per heavy atom. The molecule has 4 heteroatoms. The number of rotatable bonds is 4. The Balaban J connectivity index is 1.49. The van der Waals surface area contributed by atoms with Crippen LogP contribution in [0.3, 0.4) is 0 Å². The first-order valence-electron chi connectivity index (χ1n) is 9.01. The van der Waals surface area contributed by atoms with E-state index in [1.54, 1.807) is 6.08 Å². The Morgan fingerprint density at radius 3 is 2.31 bits per heavy atom. The summed E-state index contributed by atoms with van der Waals surface area (Å²) in [6, 6.07) is 17.6. The molecule has 0 unspecified atom stereocenters. The molecular weight excluding hydrogens is 324 g/mol. The van der Waals surface area contributed by atoms with Crippen LogP contribution in [0.25, 0.3) is 6.08 Å². The fraction of sp³-hybridized carbons (Fsp3) is 0.273. The summed E-state index contributed by atoms with van der Waals surface area (Å²) in [5.74, 6) is 0.00508. The molecule has 26 heavy (non-hydrogen) atoms. The summed E-state index contributed by atoms with van der Waals surface area (Å²) in [4.78, 5) is 26.5. The third-order valence-electron chi connectivity index (χ3n) is 4.71. The second kappa shape index (κ2) is 8.48. The van der Waals surface area contributed by atoms with E-state index in [-0.39, 0.29) is 17.7 Å². The summed E-state index contributed by atoms with van der Waals surface area (Å²) < 4.78 is 0. The highest BCUT2D eigenvalue weighted by Crippen LogP contribution is 2.20. The fourth-order valence-electron chi connectivity index (χ4n) is 3.08. The van der Waals surface area contributed by atoms with Crippen LogP contribution in [0.15, 0.2) is 60.7 Å². The molecule has 1 aliphatic rings. The normalized spacial score (nSPS) is 15.2. The Morgan fingerprint density at radius 1 is 1.00 bits per heavy atom. The lowest BCUT2D eigenvalue weighted by molar-refractivity contribution is -0.130. The van der Waals surface area contributed by atoms with Gasteiger partial charge in [-0.15, -0.1) is 0 Å². The van der Waals surface area contributed by atoms with Crippen molar-refractivity contribution in [1.82, 2.24) is 4.90 Å². The van der Waals surface area contributed by atoms with E-state index in [0.29, 0.717) is 25.9 Å². The average Bonchev–Trinajstić information content (AvgIpc) is 2.69. The maximum Gasteiger partial charge on any atom is 0.246 e. The average molecular weight is 348 g/mol. The van der Waals surface area contributed by atoms with Crippen molar-refractivity contribution in [2.45, 2.75) is 19.8 Å². The number of aryl methyl sites for hydroxylation is 1. The lowest BCUT2D eigenvalue weighted by Gasteiger charge is -2.30. The van der Waals surface area contributed by atoms with Gasteiger partial charge < -0.3 is 10.2 Å². The number of likely N-dealkylation sites (tertiary alicyclic amines) is 1. The molecule has 1 aliphatic heterocycles. The molecule has 1 heterocycles. The zero-order valence-electron chi connectivity index (χ0n) is 15.0. The van der Waals surface area contributed by atoms with Crippen molar-refractivity contribution in [3.63, 3.8) is 0 Å². The molecule has 0 bridgehead atoms. The van der Waals surface area contributed by atoms with E-state index in [4.69, 9.17) is 0 Å². The van der Waals surface area contributed by atoms with Crippen molar-refractivity contribution in [3.8, 4) is 0 Å². The number of amides is 2. The van der Waals surface area contributed by atoms with Gasteiger partial charge in [0.15, 0.2) is 0 Å². The van der Waals surface area contributed by atoms with Crippen LogP contribution in [-0.4, -0.2) is 29.8 Å². The molecule has 4 nitrogen and oxygen atoms in total. The lowest BCUT2D eigenvalue weighted by Crippen LogP contribution is -2.40. The molecule has 0 saturated carbocycles. The van der Waals surface area contributed by atoms with Gasteiger partial charge in [-0.05, 0) is 43.5 Å². The van der Waals surface area contributed by atoms with Crippen molar-refractivity contribution >= 4 is 23.6 Å². The standard InChI is InChI=1S/C22H24N2O2/c1-17-7-10-20(11-8-17)23-22(26)19-13-15-24(16-14-19)21(25)12-9-18-5-3-2-4-6-18/h2-12,19H,13-16H2,1H3,(H,23,26)/b12-9+. The summed E-state index contributed by atoms with van der Waals surface area (Å²) >= 11 is 0. The predicted octanol–water partition coefficient (Wildman–Crippen LogP) is 3.89. The van der Waals surface area contributed by atoms with Crippen LogP contribution in [-0.2, 0) is 9.59 Å². The van der Waals surface area contributed by atoms with Gasteiger partial charge in [0, 0.05) is 30.8 Å². The maximum absolute atomic E-state index is 12.4. The topological polar surface area (TPSA) is 49.4 Å². The summed E-state index contributed by atoms with van der Waals surface area (Å²) in [5, 5.41) is 2.97. The molecule has 2 aromatic carbocycles. The molecule has 0 aliphatic carbocycles. The second-order valence-corrected chi connectivity index (χ2v) is 6.70. The van der Waals surface area contributed by atoms with Crippen molar-refractivity contribution in [2.75, 3.05) is 18.4 Å². The van der Waals surface area contributed by atoms with Crippen LogP contribution in [0, 0.1) is 12.8 Å². The van der Waals surface area contributed by atoms with Crippen LogP contribution in [0.4, 0.5) is 5.69 Å². The smallest absolute Gasteiger partial charge is 0.246 e. The van der Waals surface area contributed by atoms with Crippen LogP contribution >= 0.6 is 0 Å². The van der Waals surface area contributed by atoms with Crippen LogP contribution in [0.1, 0.15) is 24.0 Å². The third-order valence-corrected chi connectivity index (χ3v) is 4.71. The number of nitrogens with zero attached hydrogens (tertiary/aromatic N) is 1. The number of piperidine rings is 1. The number of carbonyl (C=O) groups excluding carboxylic acids is 2. The summed E-state index contributed by atoms with van der Waals surface area (Å²) in [6.07, 6.45) is 4.84. The highest BCUT2D eigenvalue weighted by molar-refractivity contribution is 5.94. The Labute approximate surface area is 154 Å². The molecule has 0 spiro atoms. The molecule has 1 fully saturated rings. The molecule has 0 aromatic heterocycles. The van der Waals surface area contributed by atoms with Crippen molar-refractivity contribution in [2.24, 2.45) is 5.92 Å². The van der Waals surface area contributed by atoms with Crippen LogP contribution in [0.2, 0.25) is 0 Å². The van der Waals surface area contributed by atoms with E-state index in [1.807, 2.05) is 72.5 Å². The number of benzene rings is 2. The minimum absolute atomic E-state index is 0.00578. The molecule has 3 rings (SSSR count). The van der Waals surface area contributed by atoms with Gasteiger partial charge in [0.05, 0.1) is 0 Å². The maximum atomic E-state index is 12.4. The first-order valence-corrected chi connectivity index (χ1v) is 9.01. The second-order valence-electron chi connectivity index (χ2n) is 6.70. The summed E-state index contributed by atoms with van der Waals surface area (Å²) in [6.45, 7) is 3.25. The van der Waals surface area contributed by atoms with Crippen molar-refractivity contribution in [1.29, 1.82) is 0 Å². The first kappa shape index (κ1) is 17.9. The van der Waals surface area contributed by atoms with Crippen molar-refractivity contribution in [3.05, 3.63) is 71.8 Å². The van der Waals surface area contributed by atoms with E-state index in [1.165, 1.54) is 5.56 Å².